The minimum absolute atomic E-state index is 0.0824. The first-order chi connectivity index (χ1) is 14.4. The molecule has 2 aliphatic rings. The fraction of sp³-hybridized carbons (Fsp3) is 0.318. The van der Waals surface area contributed by atoms with E-state index in [1.54, 1.807) is 11.9 Å². The minimum Gasteiger partial charge on any atom is -0.466 e. The van der Waals surface area contributed by atoms with Crippen molar-refractivity contribution >= 4 is 23.2 Å². The Morgan fingerprint density at radius 2 is 1.90 bits per heavy atom. The molecule has 2 aliphatic heterocycles. The summed E-state index contributed by atoms with van der Waals surface area (Å²) in [6, 6.07) is 12.2. The maximum atomic E-state index is 13.3. The van der Waals surface area contributed by atoms with Crippen LogP contribution in [0.4, 0.5) is 5.69 Å². The molecule has 0 amide bonds. The van der Waals surface area contributed by atoms with E-state index in [9.17, 15) is 19.7 Å². The molecule has 0 spiro atoms. The number of nitro groups is 1. The van der Waals surface area contributed by atoms with Crippen molar-refractivity contribution in [2.75, 3.05) is 6.61 Å². The topological polar surface area (TPSA) is 102 Å². The van der Waals surface area contributed by atoms with Crippen LogP contribution in [0.1, 0.15) is 47.8 Å². The molecule has 8 heteroatoms. The van der Waals surface area contributed by atoms with Crippen LogP contribution in [0, 0.1) is 16.0 Å². The molecule has 0 bridgehead atoms. The van der Waals surface area contributed by atoms with Gasteiger partial charge in [-0.15, -0.1) is 0 Å². The van der Waals surface area contributed by atoms with Crippen LogP contribution >= 0.6 is 0 Å². The Morgan fingerprint density at radius 3 is 2.57 bits per heavy atom. The van der Waals surface area contributed by atoms with E-state index in [1.165, 1.54) is 24.3 Å². The van der Waals surface area contributed by atoms with Crippen LogP contribution in [-0.4, -0.2) is 40.0 Å². The van der Waals surface area contributed by atoms with Crippen LogP contribution in [0.25, 0.3) is 0 Å². The van der Waals surface area contributed by atoms with Gasteiger partial charge in [0, 0.05) is 23.3 Å². The molecule has 3 atom stereocenters. The Labute approximate surface area is 173 Å². The van der Waals surface area contributed by atoms with Crippen molar-refractivity contribution in [1.29, 1.82) is 0 Å². The van der Waals surface area contributed by atoms with Gasteiger partial charge in [0.1, 0.15) is 6.04 Å². The summed E-state index contributed by atoms with van der Waals surface area (Å²) in [4.78, 5) is 36.4. The lowest BCUT2D eigenvalue weighted by molar-refractivity contribution is -0.384. The van der Waals surface area contributed by atoms with Gasteiger partial charge in [-0.05, 0) is 38.0 Å². The molecule has 1 saturated heterocycles. The van der Waals surface area contributed by atoms with Crippen molar-refractivity contribution in [1.82, 2.24) is 5.01 Å². The zero-order chi connectivity index (χ0) is 21.4. The summed E-state index contributed by atoms with van der Waals surface area (Å²) < 4.78 is 5.29. The van der Waals surface area contributed by atoms with E-state index in [2.05, 4.69) is 5.10 Å². The Morgan fingerprint density at radius 1 is 1.20 bits per heavy atom. The lowest BCUT2D eigenvalue weighted by Crippen LogP contribution is -2.37. The molecule has 4 rings (SSSR count). The highest BCUT2D eigenvalue weighted by atomic mass is 16.6. The number of nitrogens with zero attached hydrogens (tertiary/aromatic N) is 3. The first kappa shape index (κ1) is 19.8. The van der Waals surface area contributed by atoms with Gasteiger partial charge in [0.25, 0.3) is 5.69 Å². The van der Waals surface area contributed by atoms with E-state index in [0.717, 1.165) is 16.8 Å². The molecule has 2 aromatic rings. The van der Waals surface area contributed by atoms with Gasteiger partial charge in [-0.1, -0.05) is 24.3 Å². The van der Waals surface area contributed by atoms with Crippen molar-refractivity contribution in [3.63, 3.8) is 0 Å². The number of carbonyl (C=O) groups excluding carboxylic acids is 2. The van der Waals surface area contributed by atoms with Crippen LogP contribution in [0.3, 0.4) is 0 Å². The third-order valence-corrected chi connectivity index (χ3v) is 5.65. The predicted molar refractivity (Wildman–Crippen MR) is 109 cm³/mol. The second-order valence-corrected chi connectivity index (χ2v) is 7.38. The van der Waals surface area contributed by atoms with E-state index < -0.39 is 22.9 Å². The Hall–Kier alpha value is -3.55. The zero-order valence-corrected chi connectivity index (χ0v) is 16.6. The molecule has 1 fully saturated rings. The second-order valence-electron chi connectivity index (χ2n) is 7.38. The van der Waals surface area contributed by atoms with Gasteiger partial charge >= 0.3 is 5.97 Å². The van der Waals surface area contributed by atoms with E-state index >= 15 is 0 Å². The van der Waals surface area contributed by atoms with Crippen molar-refractivity contribution in [3.05, 3.63) is 75.3 Å². The molecular formula is C22H21N3O5. The van der Waals surface area contributed by atoms with Crippen LogP contribution in [0.5, 0.6) is 0 Å². The van der Waals surface area contributed by atoms with Crippen LogP contribution < -0.4 is 0 Å². The molecule has 8 nitrogen and oxygen atoms in total. The van der Waals surface area contributed by atoms with Gasteiger partial charge in [0.05, 0.1) is 29.2 Å². The Kier molecular flexibility index (Phi) is 5.07. The number of carbonyl (C=O) groups is 2. The molecule has 0 aromatic heterocycles. The maximum absolute atomic E-state index is 13.3. The molecule has 0 aliphatic carbocycles. The number of benzene rings is 2. The average Bonchev–Trinajstić information content (AvgIpc) is 3.13. The number of esters is 1. The molecule has 3 unspecified atom stereocenters. The molecule has 0 saturated carbocycles. The number of ether oxygens (including phenoxy) is 1. The molecule has 0 N–H and O–H groups in total. The molecule has 0 radical (unpaired) electrons. The van der Waals surface area contributed by atoms with Crippen molar-refractivity contribution in [2.45, 2.75) is 32.4 Å². The highest BCUT2D eigenvalue weighted by Gasteiger charge is 2.51. The molecule has 2 heterocycles. The fourth-order valence-corrected chi connectivity index (χ4v) is 4.30. The number of hydrazone groups is 1. The number of Topliss-reactive ketones (excluding diaryl/α,β-unsaturated/α-hetero) is 1. The molecular weight excluding hydrogens is 386 g/mol. The molecule has 2 aromatic carbocycles. The summed E-state index contributed by atoms with van der Waals surface area (Å²) >= 11 is 0. The van der Waals surface area contributed by atoms with Crippen molar-refractivity contribution in [2.24, 2.45) is 11.0 Å². The van der Waals surface area contributed by atoms with Crippen molar-refractivity contribution < 1.29 is 19.2 Å². The first-order valence-electron chi connectivity index (χ1n) is 9.80. The summed E-state index contributed by atoms with van der Waals surface area (Å²) in [5, 5.41) is 17.3. The molecule has 30 heavy (non-hydrogen) atoms. The Balaban J connectivity index is 1.73. The van der Waals surface area contributed by atoms with Gasteiger partial charge in [-0.3, -0.25) is 24.7 Å². The first-order valence-corrected chi connectivity index (χ1v) is 9.80. The van der Waals surface area contributed by atoms with E-state index in [0.29, 0.717) is 5.56 Å². The third kappa shape index (κ3) is 3.24. The SMILES string of the molecule is CCOC(=O)C1CC(C(=O)c2ccc([N+](=O)[O-])cc2)N2N=C(C)c3ccccc3C12. The normalized spacial score (nSPS) is 22.0. The van der Waals surface area contributed by atoms with Gasteiger partial charge in [-0.25, -0.2) is 0 Å². The third-order valence-electron chi connectivity index (χ3n) is 5.65. The summed E-state index contributed by atoms with van der Waals surface area (Å²) in [5.74, 6) is -1.11. The maximum Gasteiger partial charge on any atom is 0.311 e. The number of non-ortho nitro benzene ring substituents is 1. The van der Waals surface area contributed by atoms with Crippen molar-refractivity contribution in [3.8, 4) is 0 Å². The number of nitro benzene ring substituents is 1. The average molecular weight is 407 g/mol. The highest BCUT2D eigenvalue weighted by Crippen LogP contribution is 2.46. The van der Waals surface area contributed by atoms with Crippen LogP contribution in [0.15, 0.2) is 53.6 Å². The fourth-order valence-electron chi connectivity index (χ4n) is 4.30. The quantitative estimate of drug-likeness (QED) is 0.325. The van der Waals surface area contributed by atoms with Crippen LogP contribution in [-0.2, 0) is 9.53 Å². The van der Waals surface area contributed by atoms with Gasteiger partial charge < -0.3 is 4.74 Å². The van der Waals surface area contributed by atoms with Crippen LogP contribution in [0.2, 0.25) is 0 Å². The van der Waals surface area contributed by atoms with E-state index in [4.69, 9.17) is 4.74 Å². The zero-order valence-electron chi connectivity index (χ0n) is 16.6. The summed E-state index contributed by atoms with van der Waals surface area (Å²) in [6.45, 7) is 3.88. The lowest BCUT2D eigenvalue weighted by Gasteiger charge is -2.34. The number of ketones is 1. The minimum atomic E-state index is -0.658. The highest BCUT2D eigenvalue weighted by molar-refractivity contribution is 6.03. The predicted octanol–water partition coefficient (Wildman–Crippen LogP) is 3.51. The number of fused-ring (bicyclic) bond motifs is 3. The Bertz CT molecular complexity index is 1050. The standard InChI is InChI=1S/C22H21N3O5/c1-3-30-22(27)18-12-19(21(26)14-8-10-15(11-9-14)25(28)29)24-20(18)17-7-5-4-6-16(17)13(2)23-24/h4-11,18-20H,3,12H2,1-2H3. The van der Waals surface area contributed by atoms with E-state index in [1.807, 2.05) is 31.2 Å². The van der Waals surface area contributed by atoms with Gasteiger partial charge in [0.15, 0.2) is 5.78 Å². The largest absolute Gasteiger partial charge is 0.466 e. The van der Waals surface area contributed by atoms with E-state index in [-0.39, 0.29) is 30.5 Å². The summed E-state index contributed by atoms with van der Waals surface area (Å²) in [5.41, 5.74) is 2.94. The lowest BCUT2D eigenvalue weighted by atomic mass is 9.88. The monoisotopic (exact) mass is 407 g/mol. The number of hydrogen-bond donors (Lipinski definition) is 0. The summed E-state index contributed by atoms with van der Waals surface area (Å²) in [6.07, 6.45) is 0.268. The second kappa shape index (κ2) is 7.70. The van der Waals surface area contributed by atoms with Gasteiger partial charge in [-0.2, -0.15) is 5.10 Å². The van der Waals surface area contributed by atoms with Gasteiger partial charge in [0.2, 0.25) is 0 Å². The number of rotatable bonds is 5. The molecule has 154 valence electrons. The summed E-state index contributed by atoms with van der Waals surface area (Å²) in [7, 11) is 0. The smallest absolute Gasteiger partial charge is 0.311 e. The number of hydrogen-bond acceptors (Lipinski definition) is 7.